The van der Waals surface area contributed by atoms with E-state index in [1.165, 1.54) is 11.3 Å². The molecule has 8 heteroatoms. The molecule has 128 valence electrons. The van der Waals surface area contributed by atoms with Gasteiger partial charge in [-0.25, -0.2) is 4.98 Å². The Bertz CT molecular complexity index is 730. The predicted octanol–water partition coefficient (Wildman–Crippen LogP) is 3.20. The monoisotopic (exact) mass is 368 g/mol. The first-order valence-electron chi connectivity index (χ1n) is 7.14. The highest BCUT2D eigenvalue weighted by Gasteiger charge is 2.22. The number of nitrogens with zero attached hydrogens (tertiary/aromatic N) is 1. The van der Waals surface area contributed by atoms with Crippen molar-refractivity contribution in [2.75, 3.05) is 7.11 Å². The fourth-order valence-electron chi connectivity index (χ4n) is 2.19. The molecule has 0 saturated heterocycles. The van der Waals surface area contributed by atoms with Gasteiger partial charge in [-0.1, -0.05) is 23.7 Å². The highest BCUT2D eigenvalue weighted by molar-refractivity contribution is 7.13. The summed E-state index contributed by atoms with van der Waals surface area (Å²) in [5, 5.41) is 13.1. The molecule has 0 bridgehead atoms. The van der Waals surface area contributed by atoms with E-state index < -0.39 is 12.0 Å². The van der Waals surface area contributed by atoms with Gasteiger partial charge in [-0.15, -0.1) is 11.3 Å². The van der Waals surface area contributed by atoms with Crippen LogP contribution >= 0.6 is 22.9 Å². The number of carboxylic acid groups (broad SMARTS) is 1. The smallest absolute Gasteiger partial charge is 0.305 e. The van der Waals surface area contributed by atoms with E-state index in [9.17, 15) is 9.59 Å². The second-order valence-electron chi connectivity index (χ2n) is 5.13. The minimum Gasteiger partial charge on any atom is -0.481 e. The number of thiazole rings is 1. The number of rotatable bonds is 7. The number of carboxylic acids is 1. The number of carbonyl (C=O) groups excluding carboxylic acids is 1. The molecule has 24 heavy (non-hydrogen) atoms. The largest absolute Gasteiger partial charge is 0.481 e. The van der Waals surface area contributed by atoms with Crippen LogP contribution < -0.4 is 5.32 Å². The summed E-state index contributed by atoms with van der Waals surface area (Å²) < 4.78 is 5.02. The van der Waals surface area contributed by atoms with E-state index in [4.69, 9.17) is 21.4 Å². The van der Waals surface area contributed by atoms with Crippen molar-refractivity contribution in [3.05, 3.63) is 50.4 Å². The van der Waals surface area contributed by atoms with Crippen molar-refractivity contribution < 1.29 is 19.4 Å². The van der Waals surface area contributed by atoms with Crippen molar-refractivity contribution in [1.29, 1.82) is 0 Å². The third-order valence-electron chi connectivity index (χ3n) is 3.27. The zero-order valence-electron chi connectivity index (χ0n) is 13.2. The quantitative estimate of drug-likeness (QED) is 0.783. The average Bonchev–Trinajstić information content (AvgIpc) is 2.88. The SMILES string of the molecule is COCc1nc(C)c(C(=O)N[C@@H](CC(=O)O)c2ccc(Cl)cc2)s1. The molecule has 1 atom stereocenters. The highest BCUT2D eigenvalue weighted by atomic mass is 35.5. The Morgan fingerprint density at radius 2 is 2.04 bits per heavy atom. The van der Waals surface area contributed by atoms with Crippen LogP contribution in [0, 0.1) is 6.92 Å². The topological polar surface area (TPSA) is 88.5 Å². The fraction of sp³-hybridized carbons (Fsp3) is 0.312. The Hall–Kier alpha value is -1.96. The Balaban J connectivity index is 2.20. The fourth-order valence-corrected chi connectivity index (χ4v) is 3.26. The number of halogens is 1. The van der Waals surface area contributed by atoms with Crippen molar-refractivity contribution in [1.82, 2.24) is 10.3 Å². The van der Waals surface area contributed by atoms with Crippen LogP contribution in [0.5, 0.6) is 0 Å². The van der Waals surface area contributed by atoms with Gasteiger partial charge in [0.1, 0.15) is 9.88 Å². The maximum atomic E-state index is 12.5. The summed E-state index contributed by atoms with van der Waals surface area (Å²) in [4.78, 5) is 28.4. The number of amides is 1. The van der Waals surface area contributed by atoms with E-state index in [0.29, 0.717) is 32.8 Å². The number of carbonyl (C=O) groups is 2. The Morgan fingerprint density at radius 1 is 1.38 bits per heavy atom. The molecule has 0 spiro atoms. The third-order valence-corrected chi connectivity index (χ3v) is 4.65. The lowest BCUT2D eigenvalue weighted by Gasteiger charge is -2.17. The first-order valence-corrected chi connectivity index (χ1v) is 8.33. The van der Waals surface area contributed by atoms with Gasteiger partial charge in [-0.3, -0.25) is 9.59 Å². The summed E-state index contributed by atoms with van der Waals surface area (Å²) >= 11 is 7.09. The number of ether oxygens (including phenoxy) is 1. The van der Waals surface area contributed by atoms with Gasteiger partial charge in [0.25, 0.3) is 5.91 Å². The molecule has 0 radical (unpaired) electrons. The standard InChI is InChI=1S/C16H17ClN2O4S/c1-9-15(24-13(18-9)8-23-2)16(22)19-12(7-14(20)21)10-3-5-11(17)6-4-10/h3-6,12H,7-8H2,1-2H3,(H,19,22)(H,20,21)/t12-/m0/s1. The van der Waals surface area contributed by atoms with Crippen molar-refractivity contribution in [3.8, 4) is 0 Å². The van der Waals surface area contributed by atoms with Gasteiger partial charge in [0.2, 0.25) is 0 Å². The Morgan fingerprint density at radius 3 is 2.62 bits per heavy atom. The lowest BCUT2D eigenvalue weighted by atomic mass is 10.0. The average molecular weight is 369 g/mol. The summed E-state index contributed by atoms with van der Waals surface area (Å²) in [5.74, 6) is -1.36. The lowest BCUT2D eigenvalue weighted by Crippen LogP contribution is -2.30. The van der Waals surface area contributed by atoms with Gasteiger partial charge >= 0.3 is 5.97 Å². The molecule has 1 heterocycles. The predicted molar refractivity (Wildman–Crippen MR) is 91.5 cm³/mol. The second-order valence-corrected chi connectivity index (χ2v) is 6.65. The molecule has 0 unspecified atom stereocenters. The van der Waals surface area contributed by atoms with Crippen LogP contribution in [0.25, 0.3) is 0 Å². The van der Waals surface area contributed by atoms with Crippen LogP contribution in [0.15, 0.2) is 24.3 Å². The van der Waals surface area contributed by atoms with E-state index in [1.54, 1.807) is 38.3 Å². The number of aromatic nitrogens is 1. The highest BCUT2D eigenvalue weighted by Crippen LogP contribution is 2.23. The van der Waals surface area contributed by atoms with E-state index in [1.807, 2.05) is 0 Å². The maximum absolute atomic E-state index is 12.5. The zero-order chi connectivity index (χ0) is 17.7. The van der Waals surface area contributed by atoms with Crippen LogP contribution in [-0.4, -0.2) is 29.1 Å². The van der Waals surface area contributed by atoms with Crippen LogP contribution in [0.3, 0.4) is 0 Å². The molecular weight excluding hydrogens is 352 g/mol. The summed E-state index contributed by atoms with van der Waals surface area (Å²) in [6.07, 6.45) is -0.226. The minimum atomic E-state index is -1.00. The summed E-state index contributed by atoms with van der Waals surface area (Å²) in [6.45, 7) is 2.06. The first kappa shape index (κ1) is 18.4. The minimum absolute atomic E-state index is 0.226. The molecule has 2 aromatic rings. The van der Waals surface area contributed by atoms with Crippen molar-refractivity contribution in [3.63, 3.8) is 0 Å². The maximum Gasteiger partial charge on any atom is 0.305 e. The number of methoxy groups -OCH3 is 1. The molecule has 0 saturated carbocycles. The number of aryl methyl sites for hydroxylation is 1. The molecule has 0 fully saturated rings. The number of nitrogens with one attached hydrogen (secondary N) is 1. The molecule has 0 aliphatic heterocycles. The Labute approximate surface area is 148 Å². The lowest BCUT2D eigenvalue weighted by molar-refractivity contribution is -0.137. The molecule has 1 aromatic carbocycles. The first-order chi connectivity index (χ1) is 11.4. The zero-order valence-corrected chi connectivity index (χ0v) is 14.8. The number of hydrogen-bond acceptors (Lipinski definition) is 5. The van der Waals surface area contributed by atoms with Gasteiger partial charge in [0.05, 0.1) is 24.8 Å². The van der Waals surface area contributed by atoms with E-state index >= 15 is 0 Å². The number of hydrogen-bond donors (Lipinski definition) is 2. The summed E-state index contributed by atoms with van der Waals surface area (Å²) in [6, 6.07) is 6.07. The molecule has 0 aliphatic rings. The Kier molecular flexibility index (Phi) is 6.30. The van der Waals surface area contributed by atoms with E-state index in [-0.39, 0.29) is 12.3 Å². The van der Waals surface area contributed by atoms with Crippen molar-refractivity contribution in [2.45, 2.75) is 26.0 Å². The third kappa shape index (κ3) is 4.77. The molecule has 1 amide bonds. The molecule has 6 nitrogen and oxygen atoms in total. The molecule has 2 N–H and O–H groups in total. The van der Waals surface area contributed by atoms with Gasteiger partial charge in [0, 0.05) is 12.1 Å². The van der Waals surface area contributed by atoms with Crippen LogP contribution in [0.2, 0.25) is 5.02 Å². The van der Waals surface area contributed by atoms with E-state index in [2.05, 4.69) is 10.3 Å². The van der Waals surface area contributed by atoms with Crippen LogP contribution in [-0.2, 0) is 16.1 Å². The molecule has 2 rings (SSSR count). The van der Waals surface area contributed by atoms with Crippen molar-refractivity contribution >= 4 is 34.8 Å². The van der Waals surface area contributed by atoms with Crippen LogP contribution in [0.1, 0.15) is 38.4 Å². The molecule has 0 aliphatic carbocycles. The normalized spacial score (nSPS) is 12.0. The van der Waals surface area contributed by atoms with Gasteiger partial charge in [-0.05, 0) is 24.6 Å². The van der Waals surface area contributed by atoms with Gasteiger partial charge in [0.15, 0.2) is 0 Å². The molecule has 1 aromatic heterocycles. The number of benzene rings is 1. The molecular formula is C16H17ClN2O4S. The van der Waals surface area contributed by atoms with Crippen LogP contribution in [0.4, 0.5) is 0 Å². The second kappa shape index (κ2) is 8.23. The van der Waals surface area contributed by atoms with Gasteiger partial charge in [-0.2, -0.15) is 0 Å². The summed E-state index contributed by atoms with van der Waals surface area (Å²) in [5.41, 5.74) is 1.27. The van der Waals surface area contributed by atoms with Crippen molar-refractivity contribution in [2.24, 2.45) is 0 Å². The van der Waals surface area contributed by atoms with E-state index in [0.717, 1.165) is 0 Å². The number of aliphatic carboxylic acids is 1. The van der Waals surface area contributed by atoms with Gasteiger partial charge < -0.3 is 15.2 Å². The summed E-state index contributed by atoms with van der Waals surface area (Å²) in [7, 11) is 1.56.